The molecule has 0 aliphatic carbocycles. The Kier molecular flexibility index (Phi) is 9.86. The molecule has 1 atom stereocenters. The standard InChI is InChI=1S/C32H39ClF3N5O3/c1-4-5-24-19-40(31-26(33)16-22(17-37-31)38-28-27(20(2)3)29(42)30(28)43)14-15-41(24)23-10-12-39(13-11-23)18-21-6-8-25(9-7-21)44-32(34,35)36/h6-9,16-17,20,23-24,38H,4-5,10-15,18-19H2,1-3H3/t24-/m0/s1. The van der Waals surface area contributed by atoms with Crippen LogP contribution in [-0.4, -0.2) is 66.0 Å². The number of aromatic nitrogens is 1. The zero-order valence-electron chi connectivity index (χ0n) is 25.3. The number of rotatable bonds is 10. The number of piperazine rings is 1. The summed E-state index contributed by atoms with van der Waals surface area (Å²) in [6.07, 6.45) is 1.16. The Labute approximate surface area is 260 Å². The molecule has 2 saturated heterocycles. The number of halogens is 4. The van der Waals surface area contributed by atoms with Gasteiger partial charge in [0, 0.05) is 43.8 Å². The van der Waals surface area contributed by atoms with Gasteiger partial charge in [0.2, 0.25) is 10.9 Å². The molecular formula is C32H39ClF3N5O3. The molecule has 1 N–H and O–H groups in total. The maximum absolute atomic E-state index is 12.5. The Bertz CT molecular complexity index is 1500. The van der Waals surface area contributed by atoms with E-state index in [0.29, 0.717) is 46.4 Å². The van der Waals surface area contributed by atoms with Crippen LogP contribution in [0.15, 0.2) is 46.1 Å². The Hall–Kier alpha value is -3.15. The third kappa shape index (κ3) is 7.38. The van der Waals surface area contributed by atoms with Gasteiger partial charge in [-0.15, -0.1) is 13.2 Å². The molecule has 0 radical (unpaired) electrons. The lowest BCUT2D eigenvalue weighted by Gasteiger charge is -2.48. The molecule has 44 heavy (non-hydrogen) atoms. The minimum absolute atomic E-state index is 0.0491. The van der Waals surface area contributed by atoms with Crippen molar-refractivity contribution in [2.45, 2.75) is 77.4 Å². The van der Waals surface area contributed by atoms with Crippen LogP contribution in [0.2, 0.25) is 5.02 Å². The van der Waals surface area contributed by atoms with Crippen molar-refractivity contribution in [3.8, 4) is 5.75 Å². The van der Waals surface area contributed by atoms with Gasteiger partial charge in [0.05, 0.1) is 22.6 Å². The lowest BCUT2D eigenvalue weighted by Crippen LogP contribution is -2.58. The van der Waals surface area contributed by atoms with Gasteiger partial charge in [-0.3, -0.25) is 19.4 Å². The van der Waals surface area contributed by atoms with Gasteiger partial charge in [-0.25, -0.2) is 4.98 Å². The average molecular weight is 634 g/mol. The predicted molar refractivity (Wildman–Crippen MR) is 167 cm³/mol. The van der Waals surface area contributed by atoms with E-state index in [1.807, 2.05) is 13.8 Å². The molecule has 8 nitrogen and oxygen atoms in total. The maximum Gasteiger partial charge on any atom is 0.573 e. The zero-order chi connectivity index (χ0) is 31.6. The van der Waals surface area contributed by atoms with E-state index >= 15 is 0 Å². The van der Waals surface area contributed by atoms with Gasteiger partial charge in [0.15, 0.2) is 0 Å². The number of anilines is 3. The Morgan fingerprint density at radius 1 is 1.07 bits per heavy atom. The average Bonchev–Trinajstić information content (AvgIpc) is 2.97. The smallest absolute Gasteiger partial charge is 0.406 e. The first-order valence-corrected chi connectivity index (χ1v) is 15.6. The third-order valence-electron chi connectivity index (χ3n) is 8.65. The summed E-state index contributed by atoms with van der Waals surface area (Å²) >= 11 is 6.71. The fourth-order valence-electron chi connectivity index (χ4n) is 6.56. The summed E-state index contributed by atoms with van der Waals surface area (Å²) in [7, 11) is 0. The largest absolute Gasteiger partial charge is 0.573 e. The first-order chi connectivity index (χ1) is 20.9. The van der Waals surface area contributed by atoms with Gasteiger partial charge in [0.25, 0.3) is 0 Å². The van der Waals surface area contributed by atoms with E-state index in [9.17, 15) is 22.8 Å². The van der Waals surface area contributed by atoms with E-state index in [2.05, 4.69) is 36.7 Å². The van der Waals surface area contributed by atoms with E-state index < -0.39 is 17.2 Å². The fourth-order valence-corrected chi connectivity index (χ4v) is 6.84. The molecule has 0 saturated carbocycles. The number of nitrogens with zero attached hydrogens (tertiary/aromatic N) is 4. The molecule has 3 aromatic rings. The zero-order valence-corrected chi connectivity index (χ0v) is 26.0. The van der Waals surface area contributed by atoms with Crippen molar-refractivity contribution >= 4 is 28.8 Å². The van der Waals surface area contributed by atoms with Crippen molar-refractivity contribution < 1.29 is 17.9 Å². The number of likely N-dealkylation sites (tertiary alicyclic amines) is 1. The van der Waals surface area contributed by atoms with Crippen molar-refractivity contribution in [3.05, 3.63) is 73.1 Å². The van der Waals surface area contributed by atoms with Crippen molar-refractivity contribution in [2.24, 2.45) is 0 Å². The van der Waals surface area contributed by atoms with E-state index in [1.165, 1.54) is 12.1 Å². The Balaban J connectivity index is 1.16. The number of pyridine rings is 1. The van der Waals surface area contributed by atoms with Gasteiger partial charge in [-0.05, 0) is 62.0 Å². The second-order valence-corrected chi connectivity index (χ2v) is 12.5. The maximum atomic E-state index is 12.5. The summed E-state index contributed by atoms with van der Waals surface area (Å²) in [6, 6.07) is 8.71. The first-order valence-electron chi connectivity index (χ1n) is 15.3. The van der Waals surface area contributed by atoms with Crippen LogP contribution in [0.5, 0.6) is 5.75 Å². The predicted octanol–water partition coefficient (Wildman–Crippen LogP) is 6.05. The molecule has 5 rings (SSSR count). The molecule has 2 aliphatic rings. The van der Waals surface area contributed by atoms with Crippen molar-refractivity contribution in [1.82, 2.24) is 14.8 Å². The number of hydrogen-bond acceptors (Lipinski definition) is 8. The number of hydrogen-bond donors (Lipinski definition) is 1. The molecular weight excluding hydrogens is 595 g/mol. The molecule has 12 heteroatoms. The van der Waals surface area contributed by atoms with Crippen molar-refractivity contribution in [3.63, 3.8) is 0 Å². The molecule has 0 spiro atoms. The van der Waals surface area contributed by atoms with E-state index in [-0.39, 0.29) is 11.7 Å². The molecule has 0 bridgehead atoms. The van der Waals surface area contributed by atoms with Gasteiger partial charge in [0.1, 0.15) is 11.6 Å². The summed E-state index contributed by atoms with van der Waals surface area (Å²) in [5.74, 6) is 0.464. The minimum Gasteiger partial charge on any atom is -0.406 e. The lowest BCUT2D eigenvalue weighted by atomic mass is 9.96. The highest BCUT2D eigenvalue weighted by molar-refractivity contribution is 6.33. The Morgan fingerprint density at radius 2 is 1.77 bits per heavy atom. The summed E-state index contributed by atoms with van der Waals surface area (Å²) in [6.45, 7) is 11.0. The minimum atomic E-state index is -4.69. The highest BCUT2D eigenvalue weighted by Gasteiger charge is 2.35. The summed E-state index contributed by atoms with van der Waals surface area (Å²) in [5, 5.41) is 3.55. The number of piperidine rings is 1. The number of alkyl halides is 3. The summed E-state index contributed by atoms with van der Waals surface area (Å²) in [4.78, 5) is 36.0. The fraction of sp³-hybridized carbons (Fsp3) is 0.531. The van der Waals surface area contributed by atoms with Crippen LogP contribution >= 0.6 is 11.6 Å². The Morgan fingerprint density at radius 3 is 2.39 bits per heavy atom. The SMILES string of the molecule is CCC[C@H]1CN(c2ncc(Nc3c(C(C)C)c(=O)c3=O)cc2Cl)CCN1C1CCN(Cc2ccc(OC(F)(F)F)cc2)CC1. The van der Waals surface area contributed by atoms with Crippen LogP contribution in [0.3, 0.4) is 0 Å². The van der Waals surface area contributed by atoms with E-state index in [1.54, 1.807) is 24.4 Å². The molecule has 2 aliphatic heterocycles. The number of nitrogens with one attached hydrogen (secondary N) is 1. The monoisotopic (exact) mass is 633 g/mol. The molecule has 238 valence electrons. The topological polar surface area (TPSA) is 78.0 Å². The van der Waals surface area contributed by atoms with Crippen LogP contribution in [0.4, 0.5) is 30.4 Å². The van der Waals surface area contributed by atoms with Gasteiger partial charge in [-0.2, -0.15) is 0 Å². The first kappa shape index (κ1) is 32.2. The van der Waals surface area contributed by atoms with Gasteiger partial charge >= 0.3 is 6.36 Å². The quantitative estimate of drug-likeness (QED) is 0.271. The molecule has 0 amide bonds. The lowest BCUT2D eigenvalue weighted by molar-refractivity contribution is -0.274. The van der Waals surface area contributed by atoms with Gasteiger partial charge in [-0.1, -0.05) is 50.9 Å². The molecule has 0 unspecified atom stereocenters. The second-order valence-electron chi connectivity index (χ2n) is 12.1. The number of benzene rings is 1. The molecule has 1 aromatic heterocycles. The second kappa shape index (κ2) is 13.5. The van der Waals surface area contributed by atoms with Gasteiger partial charge < -0.3 is 15.0 Å². The normalized spacial score (nSPS) is 19.2. The van der Waals surface area contributed by atoms with Crippen molar-refractivity contribution in [1.29, 1.82) is 0 Å². The molecule has 2 aromatic carbocycles. The van der Waals surface area contributed by atoms with E-state index in [4.69, 9.17) is 11.6 Å². The summed E-state index contributed by atoms with van der Waals surface area (Å²) < 4.78 is 41.3. The van der Waals surface area contributed by atoms with Crippen LogP contribution < -0.4 is 25.8 Å². The van der Waals surface area contributed by atoms with Crippen LogP contribution in [0, 0.1) is 0 Å². The summed E-state index contributed by atoms with van der Waals surface area (Å²) in [5.41, 5.74) is 1.43. The number of ether oxygens (including phenoxy) is 1. The van der Waals surface area contributed by atoms with Crippen LogP contribution in [0.1, 0.15) is 63.5 Å². The molecule has 3 heterocycles. The van der Waals surface area contributed by atoms with E-state index in [0.717, 1.165) is 64.0 Å². The van der Waals surface area contributed by atoms with Crippen molar-refractivity contribution in [2.75, 3.05) is 42.9 Å². The third-order valence-corrected chi connectivity index (χ3v) is 8.93. The van der Waals surface area contributed by atoms with Crippen LogP contribution in [0.25, 0.3) is 0 Å². The molecule has 2 fully saturated rings. The highest BCUT2D eigenvalue weighted by atomic mass is 35.5. The highest BCUT2D eigenvalue weighted by Crippen LogP contribution is 2.32. The van der Waals surface area contributed by atoms with Crippen LogP contribution in [-0.2, 0) is 6.54 Å².